The van der Waals surface area contributed by atoms with Crippen LogP contribution in [-0.4, -0.2) is 89.0 Å². The average molecular weight is 593 g/mol. The molecule has 0 aromatic heterocycles. The van der Waals surface area contributed by atoms with E-state index in [1.54, 1.807) is 18.7 Å². The molecule has 1 amide bonds. The number of aliphatic imine (C=N–C) groups is 1. The molecule has 4 heterocycles. The van der Waals surface area contributed by atoms with Gasteiger partial charge in [-0.25, -0.2) is 4.79 Å². The molecule has 0 saturated carbocycles. The lowest BCUT2D eigenvalue weighted by molar-refractivity contribution is -0.284. The van der Waals surface area contributed by atoms with Crippen LogP contribution in [0.3, 0.4) is 0 Å². The van der Waals surface area contributed by atoms with Crippen molar-refractivity contribution < 1.29 is 38.4 Å². The average Bonchev–Trinajstić information content (AvgIpc) is 3.16. The zero-order valence-electron chi connectivity index (χ0n) is 27.0. The molecule has 238 valence electrons. The molecule has 4 rings (SSSR count). The lowest BCUT2D eigenvalue weighted by Crippen LogP contribution is -2.53. The maximum atomic E-state index is 13.9. The summed E-state index contributed by atoms with van der Waals surface area (Å²) in [6, 6.07) is -0.484. The molecule has 0 aliphatic carbocycles. The summed E-state index contributed by atoms with van der Waals surface area (Å²) in [5, 5.41) is 11.0. The Morgan fingerprint density at radius 2 is 1.69 bits per heavy atom. The molecule has 0 aromatic rings. The number of nitrogens with zero attached hydrogens (tertiary/aromatic N) is 2. The van der Waals surface area contributed by atoms with Crippen LogP contribution in [0.1, 0.15) is 88.5 Å². The van der Waals surface area contributed by atoms with E-state index in [0.717, 1.165) is 5.71 Å². The van der Waals surface area contributed by atoms with Crippen LogP contribution in [0.15, 0.2) is 4.99 Å². The SMILES string of the molecule is CC[C@H]1OC(=O)[C@H](C)C(=O)[C@H](C)[C@@H](OC2O[C@H](C)C[C@H](C)[C@H]2O)C(C)(C)C[C@@H](C)C2=N[C@@H](C)CN3C(=O)O[C@H]1[C@H]3[C@H]2C. The summed E-state index contributed by atoms with van der Waals surface area (Å²) in [4.78, 5) is 47.3. The van der Waals surface area contributed by atoms with Crippen LogP contribution in [0.25, 0.3) is 0 Å². The highest BCUT2D eigenvalue weighted by atomic mass is 16.7. The van der Waals surface area contributed by atoms with Gasteiger partial charge in [0, 0.05) is 24.1 Å². The van der Waals surface area contributed by atoms with Gasteiger partial charge < -0.3 is 24.1 Å². The number of Topliss-reactive ketones (excluding diaryl/α,β-unsaturated/α-hetero) is 1. The number of hydrogen-bond donors (Lipinski definition) is 1. The molecule has 1 unspecified atom stereocenters. The normalized spacial score (nSPS) is 44.9. The van der Waals surface area contributed by atoms with E-state index in [0.29, 0.717) is 25.8 Å². The summed E-state index contributed by atoms with van der Waals surface area (Å²) in [6.45, 7) is 19.9. The highest BCUT2D eigenvalue weighted by molar-refractivity contribution is 6.00. The summed E-state index contributed by atoms with van der Waals surface area (Å²) in [7, 11) is 0. The van der Waals surface area contributed by atoms with E-state index in [1.807, 2.05) is 27.7 Å². The molecule has 0 aromatic carbocycles. The fourth-order valence-electron chi connectivity index (χ4n) is 7.88. The van der Waals surface area contributed by atoms with Crippen molar-refractivity contribution in [3.63, 3.8) is 0 Å². The van der Waals surface area contributed by atoms with Gasteiger partial charge in [0.2, 0.25) is 0 Å². The number of aliphatic hydroxyl groups is 1. The molecule has 0 spiro atoms. The van der Waals surface area contributed by atoms with E-state index in [1.165, 1.54) is 0 Å². The largest absolute Gasteiger partial charge is 0.458 e. The standard InChI is InChI=1S/C32H52N2O8/c1-11-22-27-24-19(6)23(33-17(4)14-34(24)31(38)41-27)16(3)13-32(9,10)28(20(7)26(36)21(8)29(37)40-22)42-30-25(35)15(2)12-18(5)39-30/h15-22,24-25,27-28,30,35H,11-14H2,1-10H3/t15-,16+,17-,18+,19-,20-,21+,22+,24+,25+,27+,28+,30?/m0/s1. The minimum absolute atomic E-state index is 0.0137. The fraction of sp³-hybridized carbons (Fsp3) is 0.875. The van der Waals surface area contributed by atoms with Crippen LogP contribution >= 0.6 is 0 Å². The van der Waals surface area contributed by atoms with Crippen molar-refractivity contribution in [1.29, 1.82) is 0 Å². The van der Waals surface area contributed by atoms with Gasteiger partial charge in [-0.1, -0.05) is 48.5 Å². The number of aliphatic hydroxyl groups excluding tert-OH is 1. The van der Waals surface area contributed by atoms with Crippen LogP contribution in [0, 0.1) is 35.0 Å². The fourth-order valence-corrected chi connectivity index (χ4v) is 7.88. The first-order valence-electron chi connectivity index (χ1n) is 15.8. The molecule has 3 saturated heterocycles. The highest BCUT2D eigenvalue weighted by Crippen LogP contribution is 2.42. The van der Waals surface area contributed by atoms with E-state index >= 15 is 0 Å². The molecule has 1 N–H and O–H groups in total. The van der Waals surface area contributed by atoms with Crippen molar-refractivity contribution in [3.8, 4) is 0 Å². The van der Waals surface area contributed by atoms with Crippen molar-refractivity contribution >= 4 is 23.6 Å². The van der Waals surface area contributed by atoms with E-state index < -0.39 is 60.0 Å². The Morgan fingerprint density at radius 3 is 2.33 bits per heavy atom. The van der Waals surface area contributed by atoms with Crippen molar-refractivity contribution in [3.05, 3.63) is 0 Å². The summed E-state index contributed by atoms with van der Waals surface area (Å²) in [6.07, 6.45) is -2.51. The van der Waals surface area contributed by atoms with Crippen LogP contribution in [-0.2, 0) is 28.5 Å². The number of amides is 1. The molecule has 0 radical (unpaired) electrons. The lowest BCUT2D eigenvalue weighted by Gasteiger charge is -2.45. The number of rotatable bonds is 3. The summed E-state index contributed by atoms with van der Waals surface area (Å²) >= 11 is 0. The zero-order chi connectivity index (χ0) is 31.3. The van der Waals surface area contributed by atoms with Crippen molar-refractivity contribution in [2.45, 2.75) is 137 Å². The minimum Gasteiger partial charge on any atom is -0.458 e. The van der Waals surface area contributed by atoms with E-state index in [4.69, 9.17) is 23.9 Å². The predicted octanol–water partition coefficient (Wildman–Crippen LogP) is 4.40. The van der Waals surface area contributed by atoms with E-state index in [2.05, 4.69) is 27.7 Å². The van der Waals surface area contributed by atoms with E-state index in [9.17, 15) is 19.5 Å². The third kappa shape index (κ3) is 6.27. The van der Waals surface area contributed by atoms with Gasteiger partial charge in [0.05, 0.1) is 24.3 Å². The third-order valence-corrected chi connectivity index (χ3v) is 10.0. The van der Waals surface area contributed by atoms with Crippen molar-refractivity contribution in [2.75, 3.05) is 6.54 Å². The molecule has 4 aliphatic heterocycles. The van der Waals surface area contributed by atoms with Gasteiger partial charge >= 0.3 is 12.1 Å². The Balaban J connectivity index is 1.77. The lowest BCUT2D eigenvalue weighted by atomic mass is 9.70. The van der Waals surface area contributed by atoms with Crippen LogP contribution in [0.2, 0.25) is 0 Å². The Kier molecular flexibility index (Phi) is 9.80. The first-order chi connectivity index (χ1) is 19.6. The molecule has 4 aliphatic rings. The Labute approximate surface area is 250 Å². The first kappa shape index (κ1) is 32.9. The second kappa shape index (κ2) is 12.5. The second-order valence-corrected chi connectivity index (χ2v) is 14.1. The smallest absolute Gasteiger partial charge is 0.410 e. The third-order valence-electron chi connectivity index (χ3n) is 10.0. The summed E-state index contributed by atoms with van der Waals surface area (Å²) < 4.78 is 24.5. The van der Waals surface area contributed by atoms with Gasteiger partial charge in [0.15, 0.2) is 18.2 Å². The molecule has 10 heteroatoms. The number of cyclic esters (lactones) is 1. The molecule has 3 fully saturated rings. The van der Waals surface area contributed by atoms with Gasteiger partial charge in [-0.3, -0.25) is 19.5 Å². The topological polar surface area (TPSA) is 124 Å². The summed E-state index contributed by atoms with van der Waals surface area (Å²) in [5.74, 6) is -2.88. The van der Waals surface area contributed by atoms with Gasteiger partial charge in [-0.15, -0.1) is 0 Å². The van der Waals surface area contributed by atoms with Gasteiger partial charge in [-0.2, -0.15) is 0 Å². The highest BCUT2D eigenvalue weighted by Gasteiger charge is 2.53. The molecule has 2 bridgehead atoms. The first-order valence-corrected chi connectivity index (χ1v) is 15.8. The minimum atomic E-state index is -1.05. The second-order valence-electron chi connectivity index (χ2n) is 14.1. The van der Waals surface area contributed by atoms with Crippen LogP contribution in [0.5, 0.6) is 0 Å². The monoisotopic (exact) mass is 592 g/mol. The number of ketones is 1. The van der Waals surface area contributed by atoms with Gasteiger partial charge in [0.1, 0.15) is 18.1 Å². The predicted molar refractivity (Wildman–Crippen MR) is 157 cm³/mol. The Morgan fingerprint density at radius 1 is 1.02 bits per heavy atom. The molecular formula is C32H52N2O8. The maximum Gasteiger partial charge on any atom is 0.410 e. The van der Waals surface area contributed by atoms with Gasteiger partial charge in [-0.05, 0) is 57.3 Å². The molecular weight excluding hydrogens is 540 g/mol. The Hall–Kier alpha value is -2.04. The quantitative estimate of drug-likeness (QED) is 0.378. The Bertz CT molecular complexity index is 1060. The molecule has 13 atom stereocenters. The number of carbonyl (C=O) groups is 3. The van der Waals surface area contributed by atoms with Crippen molar-refractivity contribution in [2.24, 2.45) is 40.0 Å². The number of esters is 1. The van der Waals surface area contributed by atoms with Crippen molar-refractivity contribution in [1.82, 2.24) is 4.90 Å². The van der Waals surface area contributed by atoms with E-state index in [-0.39, 0.29) is 41.7 Å². The number of hydrogen-bond acceptors (Lipinski definition) is 9. The number of ether oxygens (including phenoxy) is 4. The van der Waals surface area contributed by atoms with Crippen LogP contribution < -0.4 is 0 Å². The maximum absolute atomic E-state index is 13.9. The van der Waals surface area contributed by atoms with Gasteiger partial charge in [0.25, 0.3) is 0 Å². The number of fused-ring (bicyclic) bond motifs is 1. The molecule has 42 heavy (non-hydrogen) atoms. The number of carbonyl (C=O) groups excluding carboxylic acids is 3. The summed E-state index contributed by atoms with van der Waals surface area (Å²) in [5.41, 5.74) is 0.395. The molecule has 10 nitrogen and oxygen atoms in total. The van der Waals surface area contributed by atoms with Crippen LogP contribution in [0.4, 0.5) is 4.79 Å². The zero-order valence-corrected chi connectivity index (χ0v) is 27.0.